The average Bonchev–Trinajstić information content (AvgIpc) is 3.71. The molecular weight excluding hydrogens is 607 g/mol. The number of ether oxygens (including phenoxy) is 1. The number of nitrogens with two attached hydrogens (primary N) is 1. The Morgan fingerprint density at radius 1 is 1.07 bits per heavy atom. The number of nitrogens with one attached hydrogen (secondary N) is 1. The van der Waals surface area contributed by atoms with E-state index >= 15 is 4.39 Å². The highest BCUT2D eigenvalue weighted by atomic mass is 19.4. The Morgan fingerprint density at radius 2 is 1.83 bits per heavy atom. The molecule has 1 aromatic carbocycles. The van der Waals surface area contributed by atoms with Crippen LogP contribution in [0.15, 0.2) is 18.2 Å². The van der Waals surface area contributed by atoms with Crippen molar-refractivity contribution in [2.45, 2.75) is 69.0 Å². The molecule has 0 spiro atoms. The first-order valence-electron chi connectivity index (χ1n) is 15.8. The molecule has 4 fully saturated rings. The summed E-state index contributed by atoms with van der Waals surface area (Å²) in [6, 6.07) is 4.31. The number of anilines is 2. The summed E-state index contributed by atoms with van der Waals surface area (Å²) in [6.45, 7) is 3.82. The van der Waals surface area contributed by atoms with E-state index in [9.17, 15) is 17.6 Å². The number of halogens is 5. The smallest absolute Gasteiger partial charge is 0.417 e. The van der Waals surface area contributed by atoms with Gasteiger partial charge in [-0.1, -0.05) is 0 Å². The van der Waals surface area contributed by atoms with Crippen LogP contribution in [0.5, 0.6) is 6.01 Å². The fourth-order valence-electron chi connectivity index (χ4n) is 8.32. The SMILES string of the molecule is Cc1c(-c2c(C(F)(F)F)cc3c(N4CC5CCC(C4)N5)nc(OC[C@@]45CCCN4C[C@H](F)C5)nc3c2F)c2nc(N)ccc2n1C. The summed E-state index contributed by atoms with van der Waals surface area (Å²) in [6.07, 6.45) is -2.05. The number of aromatic nitrogens is 4. The molecular formula is C32H35F5N8O. The maximum absolute atomic E-state index is 17.1. The molecule has 0 saturated carbocycles. The highest BCUT2D eigenvalue weighted by Gasteiger charge is 2.49. The van der Waals surface area contributed by atoms with Gasteiger partial charge in [0.05, 0.1) is 22.1 Å². The van der Waals surface area contributed by atoms with Gasteiger partial charge in [0.25, 0.3) is 0 Å². The van der Waals surface area contributed by atoms with Gasteiger partial charge in [0, 0.05) is 67.4 Å². The Morgan fingerprint density at radius 3 is 2.57 bits per heavy atom. The van der Waals surface area contributed by atoms with Crippen molar-refractivity contribution < 1.29 is 26.7 Å². The van der Waals surface area contributed by atoms with Gasteiger partial charge in [0.1, 0.15) is 29.9 Å². The van der Waals surface area contributed by atoms with Crippen molar-refractivity contribution in [3.05, 3.63) is 35.3 Å². The second-order valence-electron chi connectivity index (χ2n) is 13.4. The van der Waals surface area contributed by atoms with Gasteiger partial charge < -0.3 is 25.3 Å². The van der Waals surface area contributed by atoms with Crippen LogP contribution in [0.4, 0.5) is 33.6 Å². The normalized spacial score (nSPS) is 26.5. The van der Waals surface area contributed by atoms with Crippen LogP contribution in [0.25, 0.3) is 33.1 Å². The van der Waals surface area contributed by atoms with Gasteiger partial charge in [-0.2, -0.15) is 23.1 Å². The molecule has 46 heavy (non-hydrogen) atoms. The zero-order valence-corrected chi connectivity index (χ0v) is 25.6. The Bertz CT molecular complexity index is 1870. The van der Waals surface area contributed by atoms with Crippen LogP contribution in [-0.2, 0) is 13.2 Å². The molecule has 0 aliphatic carbocycles. The monoisotopic (exact) mass is 642 g/mol. The van der Waals surface area contributed by atoms with E-state index in [0.717, 1.165) is 38.3 Å². The van der Waals surface area contributed by atoms with Crippen molar-refractivity contribution in [1.82, 2.24) is 29.7 Å². The van der Waals surface area contributed by atoms with E-state index in [2.05, 4.69) is 25.2 Å². The van der Waals surface area contributed by atoms with Gasteiger partial charge in [-0.15, -0.1) is 0 Å². The van der Waals surface area contributed by atoms with E-state index in [0.29, 0.717) is 37.3 Å². The number of alkyl halides is 4. The lowest BCUT2D eigenvalue weighted by Crippen LogP contribution is -2.51. The molecule has 244 valence electrons. The number of aryl methyl sites for hydroxylation is 1. The standard InChI is InChI=1S/C32H35F5N8O/c1-16-24(28-22(43(16)2)6-7-23(38)40-28)25-21(32(35,36)37)10-20-27(26(25)34)41-30(42-29(20)44-13-18-4-5-19(14-44)39-18)46-15-31-8-3-9-45(31)12-17(33)11-31/h6-7,10,17-19,39H,3-5,8-9,11-15H2,1-2H3,(H2,38,40)/t17-,18?,19?,31+/m1/s1. The lowest BCUT2D eigenvalue weighted by molar-refractivity contribution is -0.137. The molecule has 8 rings (SSSR count). The number of nitrogen functional groups attached to an aromatic ring is 1. The van der Waals surface area contributed by atoms with Crippen molar-refractivity contribution in [2.75, 3.05) is 43.4 Å². The molecule has 0 amide bonds. The first-order chi connectivity index (χ1) is 21.9. The summed E-state index contributed by atoms with van der Waals surface area (Å²) >= 11 is 0. The summed E-state index contributed by atoms with van der Waals surface area (Å²) in [5.74, 6) is -0.839. The summed E-state index contributed by atoms with van der Waals surface area (Å²) in [4.78, 5) is 17.4. The lowest BCUT2D eigenvalue weighted by atomic mass is 9.95. The lowest BCUT2D eigenvalue weighted by Gasteiger charge is -2.35. The number of rotatable bonds is 5. The van der Waals surface area contributed by atoms with E-state index in [1.54, 1.807) is 30.7 Å². The van der Waals surface area contributed by atoms with Crippen molar-refractivity contribution in [1.29, 1.82) is 0 Å². The highest BCUT2D eigenvalue weighted by molar-refractivity contribution is 6.02. The molecule has 4 atom stereocenters. The third-order valence-corrected chi connectivity index (χ3v) is 10.6. The largest absolute Gasteiger partial charge is 0.461 e. The van der Waals surface area contributed by atoms with Crippen LogP contribution in [0, 0.1) is 12.7 Å². The number of fused-ring (bicyclic) bond motifs is 5. The predicted octanol–water partition coefficient (Wildman–Crippen LogP) is 5.13. The number of hydrogen-bond acceptors (Lipinski definition) is 8. The van der Waals surface area contributed by atoms with E-state index in [-0.39, 0.29) is 58.3 Å². The minimum absolute atomic E-state index is 0.000183. The quantitative estimate of drug-likeness (QED) is 0.290. The zero-order chi connectivity index (χ0) is 32.1. The van der Waals surface area contributed by atoms with Crippen LogP contribution in [0.3, 0.4) is 0 Å². The van der Waals surface area contributed by atoms with Crippen LogP contribution in [0.2, 0.25) is 0 Å². The molecule has 9 nitrogen and oxygen atoms in total. The van der Waals surface area contributed by atoms with Gasteiger partial charge in [-0.3, -0.25) is 4.90 Å². The first-order valence-corrected chi connectivity index (χ1v) is 15.8. The van der Waals surface area contributed by atoms with Gasteiger partial charge in [0.15, 0.2) is 5.82 Å². The average molecular weight is 643 g/mol. The van der Waals surface area contributed by atoms with Gasteiger partial charge >= 0.3 is 12.2 Å². The molecule has 14 heteroatoms. The molecule has 3 aromatic heterocycles. The fraction of sp³-hybridized carbons (Fsp3) is 0.531. The van der Waals surface area contributed by atoms with E-state index in [4.69, 9.17) is 10.5 Å². The molecule has 4 aliphatic rings. The zero-order valence-electron chi connectivity index (χ0n) is 25.6. The number of hydrogen-bond donors (Lipinski definition) is 2. The third-order valence-electron chi connectivity index (χ3n) is 10.6. The molecule has 3 N–H and O–H groups in total. The minimum Gasteiger partial charge on any atom is -0.461 e. The molecule has 2 unspecified atom stereocenters. The number of nitrogens with zero attached hydrogens (tertiary/aromatic N) is 6. The maximum Gasteiger partial charge on any atom is 0.417 e. The highest BCUT2D eigenvalue weighted by Crippen LogP contribution is 2.47. The van der Waals surface area contributed by atoms with E-state index in [1.807, 2.05) is 4.90 Å². The first kappa shape index (κ1) is 29.6. The van der Waals surface area contributed by atoms with Crippen molar-refractivity contribution in [3.63, 3.8) is 0 Å². The second-order valence-corrected chi connectivity index (χ2v) is 13.4. The maximum atomic E-state index is 17.1. The van der Waals surface area contributed by atoms with Crippen LogP contribution >= 0.6 is 0 Å². The van der Waals surface area contributed by atoms with E-state index in [1.165, 1.54) is 0 Å². The summed E-state index contributed by atoms with van der Waals surface area (Å²) < 4.78 is 84.2. The van der Waals surface area contributed by atoms with Crippen LogP contribution < -0.4 is 20.7 Å². The summed E-state index contributed by atoms with van der Waals surface area (Å²) in [7, 11) is 1.69. The third kappa shape index (κ3) is 4.58. The Kier molecular flexibility index (Phi) is 6.67. The minimum atomic E-state index is -4.91. The fourth-order valence-corrected chi connectivity index (χ4v) is 8.32. The molecule has 0 radical (unpaired) electrons. The molecule has 4 aromatic rings. The number of pyridine rings is 1. The summed E-state index contributed by atoms with van der Waals surface area (Å²) in [5, 5.41) is 3.48. The van der Waals surface area contributed by atoms with E-state index < -0.39 is 34.8 Å². The molecule has 2 bridgehead atoms. The van der Waals surface area contributed by atoms with Gasteiger partial charge in [-0.25, -0.2) is 13.8 Å². The van der Waals surface area contributed by atoms with Gasteiger partial charge in [0.2, 0.25) is 0 Å². The molecule has 7 heterocycles. The Hall–Kier alpha value is -3.78. The topological polar surface area (TPSA) is 97.4 Å². The van der Waals surface area contributed by atoms with Gasteiger partial charge in [-0.05, 0) is 57.4 Å². The predicted molar refractivity (Wildman–Crippen MR) is 164 cm³/mol. The Labute approximate surface area is 261 Å². The number of piperazine rings is 1. The van der Waals surface area contributed by atoms with Crippen LogP contribution in [-0.4, -0.2) is 81.0 Å². The second kappa shape index (κ2) is 10.4. The van der Waals surface area contributed by atoms with Crippen molar-refractivity contribution >= 4 is 33.6 Å². The van der Waals surface area contributed by atoms with Crippen LogP contribution in [0.1, 0.15) is 43.4 Å². The molecule has 4 saturated heterocycles. The molecule has 4 aliphatic heterocycles. The van der Waals surface area contributed by atoms with Crippen molar-refractivity contribution in [3.8, 4) is 17.1 Å². The Balaban J connectivity index is 1.34. The number of benzene rings is 1. The summed E-state index contributed by atoms with van der Waals surface area (Å²) in [5.41, 5.74) is 4.45. The van der Waals surface area contributed by atoms with Crippen molar-refractivity contribution in [2.24, 2.45) is 7.05 Å².